The molecule has 5 rings (SSSR count). The van der Waals surface area contributed by atoms with Gasteiger partial charge in [0.2, 0.25) is 0 Å². The third-order valence-corrected chi connectivity index (χ3v) is 8.12. The van der Waals surface area contributed by atoms with Gasteiger partial charge in [-0.05, 0) is 69.5 Å². The molecule has 2 saturated carbocycles. The first-order chi connectivity index (χ1) is 11.6. The Morgan fingerprint density at radius 2 is 2.12 bits per heavy atom. The molecule has 2 aromatic heterocycles. The lowest BCUT2D eigenvalue weighted by Crippen LogP contribution is -2.55. The molecule has 0 radical (unpaired) electrons. The van der Waals surface area contributed by atoms with Crippen molar-refractivity contribution in [1.82, 2.24) is 14.9 Å². The standard InChI is InChI=1S/C19H26N4S/c1-19-9-12(7-11(19)8-15(19)23(2)3)22-17-16-13-5-4-6-14(13)24-18(16)21-10-20-17/h10-12,15H,4-9H2,1-3H3,(H,20,21,22). The van der Waals surface area contributed by atoms with E-state index in [4.69, 9.17) is 0 Å². The summed E-state index contributed by atoms with van der Waals surface area (Å²) in [5.74, 6) is 1.96. The van der Waals surface area contributed by atoms with Crippen LogP contribution in [0.3, 0.4) is 0 Å². The number of rotatable bonds is 3. The van der Waals surface area contributed by atoms with Crippen molar-refractivity contribution in [2.24, 2.45) is 11.3 Å². The molecule has 2 heterocycles. The summed E-state index contributed by atoms with van der Waals surface area (Å²) in [5.41, 5.74) is 2.00. The topological polar surface area (TPSA) is 41.0 Å². The number of hydrogen-bond donors (Lipinski definition) is 1. The van der Waals surface area contributed by atoms with Crippen LogP contribution in [0, 0.1) is 11.3 Å². The van der Waals surface area contributed by atoms with Crippen LogP contribution < -0.4 is 5.32 Å². The number of thiophene rings is 1. The average Bonchev–Trinajstić information content (AvgIpc) is 3.16. The van der Waals surface area contributed by atoms with Crippen LogP contribution in [0.2, 0.25) is 0 Å². The van der Waals surface area contributed by atoms with Crippen LogP contribution in [0.25, 0.3) is 10.2 Å². The highest BCUT2D eigenvalue weighted by Gasteiger charge is 2.57. The second kappa shape index (κ2) is 5.15. The number of nitrogens with zero attached hydrogens (tertiary/aromatic N) is 3. The average molecular weight is 343 g/mol. The van der Waals surface area contributed by atoms with Gasteiger partial charge < -0.3 is 10.2 Å². The van der Waals surface area contributed by atoms with Gasteiger partial charge in [-0.25, -0.2) is 9.97 Å². The maximum atomic E-state index is 4.64. The predicted octanol–water partition coefficient (Wildman–Crippen LogP) is 3.71. The van der Waals surface area contributed by atoms with Gasteiger partial charge in [0.25, 0.3) is 0 Å². The van der Waals surface area contributed by atoms with E-state index in [1.54, 1.807) is 11.2 Å². The molecule has 0 amide bonds. The van der Waals surface area contributed by atoms with Crippen LogP contribution in [-0.2, 0) is 12.8 Å². The Balaban J connectivity index is 1.43. The lowest BCUT2D eigenvalue weighted by molar-refractivity contribution is -0.0326. The molecule has 0 spiro atoms. The van der Waals surface area contributed by atoms with E-state index in [1.807, 2.05) is 11.3 Å². The molecule has 3 aliphatic rings. The number of aryl methyl sites for hydroxylation is 2. The fourth-order valence-electron chi connectivity index (χ4n) is 5.69. The summed E-state index contributed by atoms with van der Waals surface area (Å²) in [6, 6.07) is 1.30. The minimum Gasteiger partial charge on any atom is -0.367 e. The van der Waals surface area contributed by atoms with Crippen molar-refractivity contribution in [2.75, 3.05) is 19.4 Å². The second-order valence-corrected chi connectivity index (χ2v) is 9.54. The van der Waals surface area contributed by atoms with Gasteiger partial charge in [-0.1, -0.05) is 6.92 Å². The van der Waals surface area contributed by atoms with Gasteiger partial charge in [-0.15, -0.1) is 11.3 Å². The van der Waals surface area contributed by atoms with Crippen molar-refractivity contribution in [1.29, 1.82) is 0 Å². The minimum atomic E-state index is 0.476. The van der Waals surface area contributed by atoms with Crippen LogP contribution in [-0.4, -0.2) is 41.0 Å². The highest BCUT2D eigenvalue weighted by Crippen LogP contribution is 2.59. The molecule has 24 heavy (non-hydrogen) atoms. The first kappa shape index (κ1) is 15.1. The number of fused-ring (bicyclic) bond motifs is 4. The van der Waals surface area contributed by atoms with E-state index in [2.05, 4.69) is 41.2 Å². The van der Waals surface area contributed by atoms with Crippen molar-refractivity contribution >= 4 is 27.4 Å². The van der Waals surface area contributed by atoms with E-state index in [0.29, 0.717) is 11.5 Å². The Morgan fingerprint density at radius 1 is 1.25 bits per heavy atom. The quantitative estimate of drug-likeness (QED) is 0.923. The third kappa shape index (κ3) is 2.00. The largest absolute Gasteiger partial charge is 0.367 e. The van der Waals surface area contributed by atoms with Gasteiger partial charge in [0.15, 0.2) is 0 Å². The Morgan fingerprint density at radius 3 is 2.96 bits per heavy atom. The number of hydrogen-bond acceptors (Lipinski definition) is 5. The molecule has 0 aliphatic heterocycles. The Labute approximate surface area is 147 Å². The Bertz CT molecular complexity index is 798. The Kier molecular flexibility index (Phi) is 3.24. The molecule has 4 unspecified atom stereocenters. The van der Waals surface area contributed by atoms with Crippen molar-refractivity contribution in [2.45, 2.75) is 57.5 Å². The third-order valence-electron chi connectivity index (χ3n) is 6.92. The summed E-state index contributed by atoms with van der Waals surface area (Å²) in [6.07, 6.45) is 9.37. The summed E-state index contributed by atoms with van der Waals surface area (Å²) < 4.78 is 0. The summed E-state index contributed by atoms with van der Waals surface area (Å²) in [5, 5.41) is 5.14. The molecule has 0 bridgehead atoms. The molecule has 0 saturated heterocycles. The van der Waals surface area contributed by atoms with E-state index in [1.165, 1.54) is 54.3 Å². The molecule has 4 nitrogen and oxygen atoms in total. The maximum absolute atomic E-state index is 4.64. The minimum absolute atomic E-state index is 0.476. The SMILES string of the molecule is CN(C)C1CC2CC(Nc3ncnc4sc5c(c34)CCC5)CC21C. The zero-order chi connectivity index (χ0) is 16.5. The van der Waals surface area contributed by atoms with E-state index < -0.39 is 0 Å². The normalized spacial score (nSPS) is 34.4. The number of anilines is 1. The highest BCUT2D eigenvalue weighted by molar-refractivity contribution is 7.19. The summed E-state index contributed by atoms with van der Waals surface area (Å²) in [4.78, 5) is 14.3. The van der Waals surface area contributed by atoms with E-state index in [9.17, 15) is 0 Å². The van der Waals surface area contributed by atoms with E-state index in [0.717, 1.165) is 17.8 Å². The van der Waals surface area contributed by atoms with Crippen molar-refractivity contribution in [3.05, 3.63) is 16.8 Å². The predicted molar refractivity (Wildman–Crippen MR) is 99.8 cm³/mol. The second-order valence-electron chi connectivity index (χ2n) is 8.46. The van der Waals surface area contributed by atoms with E-state index in [-0.39, 0.29) is 0 Å². The Hall–Kier alpha value is -1.20. The zero-order valence-electron chi connectivity index (χ0n) is 14.8. The van der Waals surface area contributed by atoms with Crippen LogP contribution >= 0.6 is 11.3 Å². The van der Waals surface area contributed by atoms with Gasteiger partial charge in [-0.2, -0.15) is 0 Å². The highest BCUT2D eigenvalue weighted by atomic mass is 32.1. The van der Waals surface area contributed by atoms with Crippen LogP contribution in [0.4, 0.5) is 5.82 Å². The van der Waals surface area contributed by atoms with Crippen LogP contribution in [0.1, 0.15) is 43.0 Å². The fraction of sp³-hybridized carbons (Fsp3) is 0.684. The lowest BCUT2D eigenvalue weighted by atomic mass is 9.59. The maximum Gasteiger partial charge on any atom is 0.138 e. The molecule has 1 N–H and O–H groups in total. The van der Waals surface area contributed by atoms with Gasteiger partial charge in [-0.3, -0.25) is 0 Å². The molecule has 2 aromatic rings. The molecular formula is C19H26N4S. The summed E-state index contributed by atoms with van der Waals surface area (Å²) >= 11 is 1.88. The number of nitrogens with one attached hydrogen (secondary N) is 1. The molecule has 5 heteroatoms. The first-order valence-electron chi connectivity index (χ1n) is 9.24. The van der Waals surface area contributed by atoms with Crippen molar-refractivity contribution in [3.8, 4) is 0 Å². The van der Waals surface area contributed by atoms with Gasteiger partial charge in [0, 0.05) is 17.0 Å². The summed E-state index contributed by atoms with van der Waals surface area (Å²) in [6.45, 7) is 2.49. The van der Waals surface area contributed by atoms with E-state index >= 15 is 0 Å². The van der Waals surface area contributed by atoms with Gasteiger partial charge in [0.05, 0.1) is 5.39 Å². The molecule has 3 aliphatic carbocycles. The smallest absolute Gasteiger partial charge is 0.138 e. The molecule has 4 atom stereocenters. The van der Waals surface area contributed by atoms with Gasteiger partial charge in [0.1, 0.15) is 17.0 Å². The zero-order valence-corrected chi connectivity index (χ0v) is 15.6. The molecule has 0 aromatic carbocycles. The molecule has 2 fully saturated rings. The van der Waals surface area contributed by atoms with Crippen LogP contribution in [0.5, 0.6) is 0 Å². The first-order valence-corrected chi connectivity index (χ1v) is 10.1. The number of aromatic nitrogens is 2. The fourth-order valence-corrected chi connectivity index (χ4v) is 6.92. The van der Waals surface area contributed by atoms with Crippen LogP contribution in [0.15, 0.2) is 6.33 Å². The molecular weight excluding hydrogens is 316 g/mol. The monoisotopic (exact) mass is 342 g/mol. The van der Waals surface area contributed by atoms with Crippen molar-refractivity contribution in [3.63, 3.8) is 0 Å². The van der Waals surface area contributed by atoms with Crippen molar-refractivity contribution < 1.29 is 0 Å². The summed E-state index contributed by atoms with van der Waals surface area (Å²) in [7, 11) is 4.46. The van der Waals surface area contributed by atoms with Gasteiger partial charge >= 0.3 is 0 Å². The lowest BCUT2D eigenvalue weighted by Gasteiger charge is -2.53. The molecule has 128 valence electrons.